The van der Waals surface area contributed by atoms with Crippen LogP contribution in [0, 0.1) is 13.8 Å². The van der Waals surface area contributed by atoms with Gasteiger partial charge >= 0.3 is 0 Å². The lowest BCUT2D eigenvalue weighted by Crippen LogP contribution is -2.41. The molecule has 0 aliphatic heterocycles. The van der Waals surface area contributed by atoms with Crippen LogP contribution in [0.4, 0.5) is 0 Å². The van der Waals surface area contributed by atoms with E-state index in [0.717, 1.165) is 17.0 Å². The molecule has 112 valence electrons. The van der Waals surface area contributed by atoms with Crippen LogP contribution >= 0.6 is 0 Å². The Kier molecular flexibility index (Phi) is 5.11. The molecular weight excluding hydrogens is 266 g/mol. The maximum atomic E-state index is 12.1. The number of aromatic nitrogens is 2. The van der Waals surface area contributed by atoms with Crippen LogP contribution in [0.2, 0.25) is 0 Å². The van der Waals surface area contributed by atoms with E-state index in [9.17, 15) is 9.90 Å². The van der Waals surface area contributed by atoms with Crippen molar-refractivity contribution >= 4 is 5.91 Å². The van der Waals surface area contributed by atoms with Gasteiger partial charge in [0, 0.05) is 5.69 Å². The molecule has 2 rings (SSSR count). The lowest BCUT2D eigenvalue weighted by molar-refractivity contribution is -0.122. The summed E-state index contributed by atoms with van der Waals surface area (Å²) in [6, 6.07) is 11.4. The van der Waals surface area contributed by atoms with Crippen molar-refractivity contribution in [2.24, 2.45) is 0 Å². The summed E-state index contributed by atoms with van der Waals surface area (Å²) >= 11 is 0. The highest BCUT2D eigenvalue weighted by molar-refractivity contribution is 5.76. The van der Waals surface area contributed by atoms with E-state index >= 15 is 0 Å². The predicted octanol–water partition coefficient (Wildman–Crippen LogP) is 1.22. The first-order chi connectivity index (χ1) is 10.1. The topological polar surface area (TPSA) is 67.2 Å². The van der Waals surface area contributed by atoms with Crippen LogP contribution in [-0.2, 0) is 17.8 Å². The van der Waals surface area contributed by atoms with Crippen molar-refractivity contribution in [2.45, 2.75) is 32.9 Å². The van der Waals surface area contributed by atoms with Gasteiger partial charge in [0.05, 0.1) is 18.3 Å². The van der Waals surface area contributed by atoms with E-state index in [0.29, 0.717) is 6.42 Å². The summed E-state index contributed by atoms with van der Waals surface area (Å²) in [4.78, 5) is 12.1. The molecule has 0 unspecified atom stereocenters. The van der Waals surface area contributed by atoms with Crippen molar-refractivity contribution in [3.8, 4) is 0 Å². The second-order valence-corrected chi connectivity index (χ2v) is 5.22. The van der Waals surface area contributed by atoms with Crippen LogP contribution in [0.5, 0.6) is 0 Å². The van der Waals surface area contributed by atoms with Gasteiger partial charge in [0.15, 0.2) is 0 Å². The van der Waals surface area contributed by atoms with Crippen LogP contribution in [-0.4, -0.2) is 33.4 Å². The third kappa shape index (κ3) is 4.43. The number of aliphatic hydroxyl groups is 1. The highest BCUT2D eigenvalue weighted by atomic mass is 16.3. The SMILES string of the molecule is Cc1cc(C)n(CC(=O)N[C@@H](CO)Cc2ccccc2)n1. The molecule has 1 amide bonds. The fourth-order valence-electron chi connectivity index (χ4n) is 2.30. The van der Waals surface area contributed by atoms with E-state index in [2.05, 4.69) is 10.4 Å². The second kappa shape index (κ2) is 7.04. The number of nitrogens with one attached hydrogen (secondary N) is 1. The first-order valence-corrected chi connectivity index (χ1v) is 7.03. The summed E-state index contributed by atoms with van der Waals surface area (Å²) in [5, 5.41) is 16.5. The Hall–Kier alpha value is -2.14. The molecular formula is C16H21N3O2. The first kappa shape index (κ1) is 15.3. The van der Waals surface area contributed by atoms with Gasteiger partial charge in [-0.3, -0.25) is 9.48 Å². The molecule has 21 heavy (non-hydrogen) atoms. The average molecular weight is 287 g/mol. The number of aryl methyl sites for hydroxylation is 2. The number of rotatable bonds is 6. The fourth-order valence-corrected chi connectivity index (χ4v) is 2.30. The van der Waals surface area contributed by atoms with E-state index in [1.807, 2.05) is 50.2 Å². The number of nitrogens with zero attached hydrogens (tertiary/aromatic N) is 2. The molecule has 2 N–H and O–H groups in total. The van der Waals surface area contributed by atoms with Gasteiger partial charge in [0.25, 0.3) is 0 Å². The molecule has 0 radical (unpaired) electrons. The molecule has 0 saturated carbocycles. The van der Waals surface area contributed by atoms with Gasteiger partial charge in [-0.25, -0.2) is 0 Å². The summed E-state index contributed by atoms with van der Waals surface area (Å²) in [6.07, 6.45) is 0.611. The van der Waals surface area contributed by atoms with E-state index in [1.54, 1.807) is 4.68 Å². The molecule has 1 atom stereocenters. The number of hydrogen-bond acceptors (Lipinski definition) is 3. The molecule has 0 fully saturated rings. The van der Waals surface area contributed by atoms with Crippen molar-refractivity contribution in [3.63, 3.8) is 0 Å². The van der Waals surface area contributed by atoms with E-state index in [1.165, 1.54) is 0 Å². The Morgan fingerprint density at radius 3 is 2.62 bits per heavy atom. The van der Waals surface area contributed by atoms with E-state index < -0.39 is 0 Å². The number of hydrogen-bond donors (Lipinski definition) is 2. The Bertz CT molecular complexity index is 593. The number of carbonyl (C=O) groups is 1. The first-order valence-electron chi connectivity index (χ1n) is 7.03. The number of carbonyl (C=O) groups excluding carboxylic acids is 1. The summed E-state index contributed by atoms with van der Waals surface area (Å²) in [6.45, 7) is 3.90. The van der Waals surface area contributed by atoms with Gasteiger partial charge < -0.3 is 10.4 Å². The number of amides is 1. The summed E-state index contributed by atoms with van der Waals surface area (Å²) in [7, 11) is 0. The summed E-state index contributed by atoms with van der Waals surface area (Å²) < 4.78 is 1.67. The van der Waals surface area contributed by atoms with Crippen LogP contribution in [0.3, 0.4) is 0 Å². The fraction of sp³-hybridized carbons (Fsp3) is 0.375. The van der Waals surface area contributed by atoms with Crippen molar-refractivity contribution in [2.75, 3.05) is 6.61 Å². The minimum absolute atomic E-state index is 0.0856. The van der Waals surface area contributed by atoms with Crippen LogP contribution in [0.1, 0.15) is 17.0 Å². The molecule has 0 bridgehead atoms. The Morgan fingerprint density at radius 2 is 2.05 bits per heavy atom. The summed E-state index contributed by atoms with van der Waals surface area (Å²) in [5.74, 6) is -0.142. The molecule has 5 nitrogen and oxygen atoms in total. The maximum absolute atomic E-state index is 12.1. The average Bonchev–Trinajstić information content (AvgIpc) is 2.77. The molecule has 0 saturated heterocycles. The van der Waals surface area contributed by atoms with Crippen LogP contribution in [0.25, 0.3) is 0 Å². The van der Waals surface area contributed by atoms with Crippen molar-refractivity contribution < 1.29 is 9.90 Å². The molecule has 1 aromatic carbocycles. The zero-order valence-corrected chi connectivity index (χ0v) is 12.4. The van der Waals surface area contributed by atoms with Gasteiger partial charge in [0.2, 0.25) is 5.91 Å². The molecule has 1 aromatic heterocycles. The van der Waals surface area contributed by atoms with Crippen molar-refractivity contribution in [1.29, 1.82) is 0 Å². The van der Waals surface area contributed by atoms with E-state index in [-0.39, 0.29) is 25.1 Å². The van der Waals surface area contributed by atoms with Crippen LogP contribution in [0.15, 0.2) is 36.4 Å². The minimum Gasteiger partial charge on any atom is -0.394 e. The zero-order chi connectivity index (χ0) is 15.2. The standard InChI is InChI=1S/C16H21N3O2/c1-12-8-13(2)19(18-12)10-16(21)17-15(11-20)9-14-6-4-3-5-7-14/h3-8,15,20H,9-11H2,1-2H3,(H,17,21)/t15-/m1/s1. The lowest BCUT2D eigenvalue weighted by Gasteiger charge is -2.16. The smallest absolute Gasteiger partial charge is 0.242 e. The number of aliphatic hydroxyl groups excluding tert-OH is 1. The highest BCUT2D eigenvalue weighted by Gasteiger charge is 2.13. The predicted molar refractivity (Wildman–Crippen MR) is 80.9 cm³/mol. The summed E-state index contributed by atoms with van der Waals surface area (Å²) in [5.41, 5.74) is 2.93. The quantitative estimate of drug-likeness (QED) is 0.839. The Morgan fingerprint density at radius 1 is 1.33 bits per heavy atom. The third-order valence-corrected chi connectivity index (χ3v) is 3.31. The van der Waals surface area contributed by atoms with Gasteiger partial charge in [-0.1, -0.05) is 30.3 Å². The molecule has 1 heterocycles. The Labute approximate surface area is 124 Å². The van der Waals surface area contributed by atoms with Crippen molar-refractivity contribution in [3.05, 3.63) is 53.3 Å². The van der Waals surface area contributed by atoms with Crippen molar-refractivity contribution in [1.82, 2.24) is 15.1 Å². The monoisotopic (exact) mass is 287 g/mol. The maximum Gasteiger partial charge on any atom is 0.242 e. The minimum atomic E-state index is -0.281. The van der Waals surface area contributed by atoms with Gasteiger partial charge in [-0.2, -0.15) is 5.10 Å². The van der Waals surface area contributed by atoms with Crippen LogP contribution < -0.4 is 5.32 Å². The number of benzene rings is 1. The zero-order valence-electron chi connectivity index (χ0n) is 12.4. The van der Waals surface area contributed by atoms with Gasteiger partial charge in [-0.05, 0) is 31.9 Å². The van der Waals surface area contributed by atoms with Gasteiger partial charge in [-0.15, -0.1) is 0 Å². The molecule has 0 aliphatic rings. The highest BCUT2D eigenvalue weighted by Crippen LogP contribution is 2.04. The van der Waals surface area contributed by atoms with Gasteiger partial charge in [0.1, 0.15) is 6.54 Å². The normalized spacial score (nSPS) is 12.1. The molecule has 0 spiro atoms. The molecule has 5 heteroatoms. The van der Waals surface area contributed by atoms with E-state index in [4.69, 9.17) is 0 Å². The molecule has 2 aromatic rings. The molecule has 0 aliphatic carbocycles. The Balaban J connectivity index is 1.92. The third-order valence-electron chi connectivity index (χ3n) is 3.31. The lowest BCUT2D eigenvalue weighted by atomic mass is 10.1. The largest absolute Gasteiger partial charge is 0.394 e. The second-order valence-electron chi connectivity index (χ2n) is 5.22.